The average Bonchev–Trinajstić information content (AvgIpc) is 3.51. The highest BCUT2D eigenvalue weighted by Gasteiger charge is 2.42. The Hall–Kier alpha value is -3.38. The number of rotatable bonds is 4. The number of anilines is 1. The summed E-state index contributed by atoms with van der Waals surface area (Å²) in [5, 5.41) is 20.2. The third-order valence-corrected chi connectivity index (χ3v) is 5.87. The Labute approximate surface area is 214 Å². The lowest BCUT2D eigenvalue weighted by Crippen LogP contribution is -2.51. The smallest absolute Gasteiger partial charge is 0.475 e. The Kier molecular flexibility index (Phi) is 10.9. The molecule has 2 aliphatic heterocycles. The van der Waals surface area contributed by atoms with Gasteiger partial charge in [0, 0.05) is 43.2 Å². The van der Waals surface area contributed by atoms with E-state index < -0.39 is 24.3 Å². The van der Waals surface area contributed by atoms with Crippen LogP contribution in [0.1, 0.15) is 17.8 Å². The molecule has 2 aromatic heterocycles. The Bertz CT molecular complexity index is 1030. The maximum atomic E-state index is 12.6. The molecule has 0 radical (unpaired) electrons. The number of fused-ring (bicyclic) bond motifs is 1. The molecule has 3 atom stereocenters. The van der Waals surface area contributed by atoms with E-state index in [1.165, 1.54) is 0 Å². The van der Waals surface area contributed by atoms with Gasteiger partial charge in [-0.25, -0.2) is 19.6 Å². The van der Waals surface area contributed by atoms with Gasteiger partial charge in [-0.05, 0) is 12.8 Å². The Balaban J connectivity index is 0.000000301. The van der Waals surface area contributed by atoms with Gasteiger partial charge in [-0.1, -0.05) is 0 Å². The van der Waals surface area contributed by atoms with Crippen LogP contribution in [-0.2, 0) is 25.7 Å². The number of carbonyl (C=O) groups excluding carboxylic acids is 1. The van der Waals surface area contributed by atoms with Gasteiger partial charge >= 0.3 is 24.3 Å². The number of carboxylic acids is 2. The van der Waals surface area contributed by atoms with E-state index in [1.807, 2.05) is 11.6 Å². The van der Waals surface area contributed by atoms with Gasteiger partial charge in [0.15, 0.2) is 5.82 Å². The standard InChI is InChI=1S/C16H19N5O2S.2C2HF3O2/c22-16(20-14-8-17-2-3-18-14)11-7-13-12(1-5-23-13)21(9-11)10-15-19-4-6-24-15;2*3-2(4,5)1(6)7/h2-4,6,8,11-13H,1,5,7,9-10H2,(H,18,20,22);2*(H,6,7)/t11-,12-,13-;;/m1../s1. The number of ether oxygens (including phenoxy) is 1. The Morgan fingerprint density at radius 1 is 1.05 bits per heavy atom. The molecule has 0 aromatic carbocycles. The van der Waals surface area contributed by atoms with Crippen LogP contribution in [0, 0.1) is 5.92 Å². The number of amides is 1. The quantitative estimate of drug-likeness (QED) is 0.465. The van der Waals surface area contributed by atoms with Crippen LogP contribution in [0.25, 0.3) is 0 Å². The molecule has 0 aliphatic carbocycles. The van der Waals surface area contributed by atoms with Crippen LogP contribution in [0.5, 0.6) is 0 Å². The van der Waals surface area contributed by atoms with Gasteiger partial charge in [0.05, 0.1) is 24.8 Å². The lowest BCUT2D eigenvalue weighted by molar-refractivity contribution is -0.193. The summed E-state index contributed by atoms with van der Waals surface area (Å²) < 4.78 is 69.3. The van der Waals surface area contributed by atoms with E-state index in [1.54, 1.807) is 29.9 Å². The number of carbonyl (C=O) groups is 3. The molecule has 18 heteroatoms. The first-order valence-electron chi connectivity index (χ1n) is 10.6. The van der Waals surface area contributed by atoms with Crippen LogP contribution < -0.4 is 5.32 Å². The van der Waals surface area contributed by atoms with Crippen LogP contribution in [0.15, 0.2) is 30.2 Å². The number of aliphatic carboxylic acids is 2. The van der Waals surface area contributed by atoms with Crippen molar-refractivity contribution >= 4 is 35.0 Å². The Morgan fingerprint density at radius 3 is 2.18 bits per heavy atom. The van der Waals surface area contributed by atoms with E-state index >= 15 is 0 Å². The van der Waals surface area contributed by atoms with E-state index in [9.17, 15) is 31.1 Å². The monoisotopic (exact) mass is 573 g/mol. The third-order valence-electron chi connectivity index (χ3n) is 5.11. The summed E-state index contributed by atoms with van der Waals surface area (Å²) in [6, 6.07) is 0.384. The van der Waals surface area contributed by atoms with Crippen molar-refractivity contribution in [1.29, 1.82) is 0 Å². The van der Waals surface area contributed by atoms with E-state index in [2.05, 4.69) is 25.2 Å². The highest BCUT2D eigenvalue weighted by molar-refractivity contribution is 7.09. The topological polar surface area (TPSA) is 155 Å². The lowest BCUT2D eigenvalue weighted by atomic mass is 9.89. The summed E-state index contributed by atoms with van der Waals surface area (Å²) in [5.41, 5.74) is 0. The fourth-order valence-corrected chi connectivity index (χ4v) is 4.16. The van der Waals surface area contributed by atoms with Gasteiger partial charge in [0.2, 0.25) is 5.91 Å². The summed E-state index contributed by atoms with van der Waals surface area (Å²) in [6.45, 7) is 2.26. The minimum absolute atomic E-state index is 0.0198. The van der Waals surface area contributed by atoms with Gasteiger partial charge in [0.1, 0.15) is 5.01 Å². The number of aromatic nitrogens is 3. The first kappa shape index (κ1) is 30.8. The molecule has 38 heavy (non-hydrogen) atoms. The van der Waals surface area contributed by atoms with Gasteiger partial charge in [-0.15, -0.1) is 11.3 Å². The first-order chi connectivity index (χ1) is 17.7. The number of piperidine rings is 1. The van der Waals surface area contributed by atoms with Crippen molar-refractivity contribution in [3.8, 4) is 0 Å². The third kappa shape index (κ3) is 9.82. The van der Waals surface area contributed by atoms with Crippen LogP contribution >= 0.6 is 11.3 Å². The fourth-order valence-electron chi connectivity index (χ4n) is 3.52. The molecule has 0 saturated carbocycles. The minimum atomic E-state index is -5.08. The summed E-state index contributed by atoms with van der Waals surface area (Å²) in [6.07, 6.45) is -1.73. The molecule has 3 N–H and O–H groups in total. The fraction of sp³-hybridized carbons (Fsp3) is 0.500. The highest BCUT2D eigenvalue weighted by Crippen LogP contribution is 2.33. The second kappa shape index (κ2) is 13.4. The maximum Gasteiger partial charge on any atom is 0.490 e. The SMILES string of the molecule is O=C(Nc1cnccn1)[C@@H]1C[C@H]2OCC[C@H]2N(Cc2nccs2)C1.O=C(O)C(F)(F)F.O=C(O)C(F)(F)F. The number of hydrogen-bond donors (Lipinski definition) is 3. The van der Waals surface area contributed by atoms with Crippen molar-refractivity contribution in [3.63, 3.8) is 0 Å². The van der Waals surface area contributed by atoms with Crippen molar-refractivity contribution in [2.24, 2.45) is 5.92 Å². The molecule has 210 valence electrons. The van der Waals surface area contributed by atoms with Gasteiger partial charge < -0.3 is 20.3 Å². The molecule has 2 aromatic rings. The molecule has 2 aliphatic rings. The molecule has 0 bridgehead atoms. The molecule has 0 unspecified atom stereocenters. The van der Waals surface area contributed by atoms with Crippen LogP contribution in [0.3, 0.4) is 0 Å². The van der Waals surface area contributed by atoms with Gasteiger partial charge in [0.25, 0.3) is 0 Å². The number of halogens is 6. The minimum Gasteiger partial charge on any atom is -0.475 e. The van der Waals surface area contributed by atoms with Gasteiger partial charge in [-0.3, -0.25) is 14.7 Å². The molecule has 11 nitrogen and oxygen atoms in total. The largest absolute Gasteiger partial charge is 0.490 e. The van der Waals surface area contributed by atoms with Crippen molar-refractivity contribution in [1.82, 2.24) is 19.9 Å². The van der Waals surface area contributed by atoms with E-state index in [0.29, 0.717) is 11.9 Å². The number of thiazole rings is 1. The van der Waals surface area contributed by atoms with Gasteiger partial charge in [-0.2, -0.15) is 26.3 Å². The zero-order valence-corrected chi connectivity index (χ0v) is 20.0. The van der Waals surface area contributed by atoms with E-state index in [0.717, 1.165) is 37.5 Å². The summed E-state index contributed by atoms with van der Waals surface area (Å²) >= 11 is 1.65. The molecular weight excluding hydrogens is 552 g/mol. The zero-order chi connectivity index (χ0) is 28.5. The number of hydrogen-bond acceptors (Lipinski definition) is 9. The number of alkyl halides is 6. The van der Waals surface area contributed by atoms with Crippen molar-refractivity contribution < 1.29 is 55.7 Å². The van der Waals surface area contributed by atoms with E-state index in [-0.39, 0.29) is 17.9 Å². The predicted octanol–water partition coefficient (Wildman–Crippen LogP) is 2.82. The first-order valence-corrected chi connectivity index (χ1v) is 11.5. The summed E-state index contributed by atoms with van der Waals surface area (Å²) in [4.78, 5) is 45.2. The van der Waals surface area contributed by atoms with Crippen LogP contribution in [0.2, 0.25) is 0 Å². The number of likely N-dealkylation sites (tertiary alicyclic amines) is 1. The van der Waals surface area contributed by atoms with Crippen LogP contribution in [0.4, 0.5) is 32.2 Å². The normalized spacial score (nSPS) is 21.2. The lowest BCUT2D eigenvalue weighted by Gasteiger charge is -2.39. The van der Waals surface area contributed by atoms with Crippen LogP contribution in [-0.4, -0.2) is 85.6 Å². The van der Waals surface area contributed by atoms with E-state index in [4.69, 9.17) is 24.5 Å². The highest BCUT2D eigenvalue weighted by atomic mass is 32.1. The molecule has 2 fully saturated rings. The molecule has 2 saturated heterocycles. The summed E-state index contributed by atoms with van der Waals surface area (Å²) in [5.74, 6) is -5.16. The maximum absolute atomic E-state index is 12.6. The molecule has 4 rings (SSSR count). The van der Waals surface area contributed by atoms with Crippen molar-refractivity contribution in [2.45, 2.75) is 43.9 Å². The zero-order valence-electron chi connectivity index (χ0n) is 19.1. The second-order valence-electron chi connectivity index (χ2n) is 7.74. The number of carboxylic acid groups (broad SMARTS) is 2. The number of nitrogens with zero attached hydrogens (tertiary/aromatic N) is 4. The Morgan fingerprint density at radius 2 is 1.68 bits per heavy atom. The van der Waals surface area contributed by atoms with Crippen molar-refractivity contribution in [3.05, 3.63) is 35.2 Å². The van der Waals surface area contributed by atoms with Crippen molar-refractivity contribution in [2.75, 3.05) is 18.5 Å². The molecular formula is C20H21F6N5O6S. The summed E-state index contributed by atoms with van der Waals surface area (Å²) in [7, 11) is 0. The predicted molar refractivity (Wildman–Crippen MR) is 117 cm³/mol. The molecule has 1 amide bonds. The number of nitrogens with one attached hydrogen (secondary N) is 1. The molecule has 0 spiro atoms. The molecule has 4 heterocycles. The average molecular weight is 573 g/mol. The second-order valence-corrected chi connectivity index (χ2v) is 8.72.